The second-order valence-electron chi connectivity index (χ2n) is 12.4. The molecule has 3 heterocycles. The quantitative estimate of drug-likeness (QED) is 0.112. The molecular formula is C36H39N5O9. The molecule has 14 heteroatoms. The summed E-state index contributed by atoms with van der Waals surface area (Å²) in [5.74, 6) is -2.57. The Labute approximate surface area is 287 Å². The summed E-state index contributed by atoms with van der Waals surface area (Å²) in [6.45, 7) is 2.04. The highest BCUT2D eigenvalue weighted by Gasteiger charge is 2.53. The first-order valence-electron chi connectivity index (χ1n) is 16.2. The lowest BCUT2D eigenvalue weighted by Crippen LogP contribution is -2.60. The lowest BCUT2D eigenvalue weighted by Gasteiger charge is -2.37. The number of anilines is 3. The van der Waals surface area contributed by atoms with Gasteiger partial charge in [-0.05, 0) is 42.3 Å². The van der Waals surface area contributed by atoms with Crippen molar-refractivity contribution in [3.05, 3.63) is 114 Å². The van der Waals surface area contributed by atoms with E-state index in [9.17, 15) is 40.2 Å². The van der Waals surface area contributed by atoms with Gasteiger partial charge in [-0.1, -0.05) is 72.8 Å². The van der Waals surface area contributed by atoms with E-state index in [1.807, 2.05) is 36.4 Å². The number of aryl methyl sites for hydroxylation is 1. The molecular weight excluding hydrogens is 646 g/mol. The van der Waals surface area contributed by atoms with Gasteiger partial charge in [0.2, 0.25) is 0 Å². The number of rotatable bonds is 11. The molecule has 14 nitrogen and oxygen atoms in total. The van der Waals surface area contributed by atoms with E-state index in [1.54, 1.807) is 60.3 Å². The molecule has 1 unspecified atom stereocenters. The fourth-order valence-corrected chi connectivity index (χ4v) is 6.36. The maximum absolute atomic E-state index is 14.1. The predicted octanol–water partition coefficient (Wildman–Crippen LogP) is 1.29. The molecule has 0 spiro atoms. The molecule has 7 N–H and O–H groups in total. The minimum absolute atomic E-state index is 0.119. The summed E-state index contributed by atoms with van der Waals surface area (Å²) in [5, 5.41) is 73.2. The minimum atomic E-state index is -2.05. The van der Waals surface area contributed by atoms with Crippen molar-refractivity contribution in [2.45, 2.75) is 62.1 Å². The Morgan fingerprint density at radius 1 is 1.00 bits per heavy atom. The Kier molecular flexibility index (Phi) is 10.2. The number of nitrogens with one attached hydrogen (secondary N) is 1. The number of allylic oxidation sites excluding steroid dienone is 1. The van der Waals surface area contributed by atoms with Gasteiger partial charge in [0.15, 0.2) is 18.0 Å². The topological polar surface area (TPSA) is 211 Å². The van der Waals surface area contributed by atoms with Crippen LogP contribution >= 0.6 is 0 Å². The van der Waals surface area contributed by atoms with Crippen LogP contribution in [0.25, 0.3) is 0 Å². The van der Waals surface area contributed by atoms with E-state index in [1.165, 1.54) is 17.0 Å². The number of carbonyl (C=O) groups excluding carboxylic acids is 2. The molecule has 262 valence electrons. The Hall–Kier alpha value is -4.80. The Morgan fingerprint density at radius 3 is 2.40 bits per heavy atom. The van der Waals surface area contributed by atoms with E-state index < -0.39 is 54.0 Å². The maximum Gasteiger partial charge on any atom is 0.268 e. The van der Waals surface area contributed by atoms with Crippen molar-refractivity contribution in [3.8, 4) is 0 Å². The Bertz CT molecular complexity index is 1840. The molecule has 0 aliphatic carbocycles. The second-order valence-corrected chi connectivity index (χ2v) is 12.4. The predicted molar refractivity (Wildman–Crippen MR) is 180 cm³/mol. The zero-order valence-corrected chi connectivity index (χ0v) is 27.1. The lowest BCUT2D eigenvalue weighted by atomic mass is 9.82. The van der Waals surface area contributed by atoms with Crippen LogP contribution in [0.3, 0.4) is 0 Å². The van der Waals surface area contributed by atoms with Gasteiger partial charge >= 0.3 is 0 Å². The average Bonchev–Trinajstić information content (AvgIpc) is 3.68. The first kappa shape index (κ1) is 35.0. The van der Waals surface area contributed by atoms with Crippen LogP contribution in [0.5, 0.6) is 0 Å². The minimum Gasteiger partial charge on any atom is -0.395 e. The fraction of sp³-hybridized carbons (Fsp3) is 0.333. The molecule has 0 saturated carbocycles. The van der Waals surface area contributed by atoms with Gasteiger partial charge < -0.3 is 40.7 Å². The summed E-state index contributed by atoms with van der Waals surface area (Å²) in [5.41, 5.74) is 0.810. The molecule has 4 aromatic rings. The molecule has 2 aliphatic heterocycles. The highest BCUT2D eigenvalue weighted by atomic mass is 16.6. The molecule has 0 bridgehead atoms. The van der Waals surface area contributed by atoms with Crippen LogP contribution in [0.1, 0.15) is 36.1 Å². The fourth-order valence-electron chi connectivity index (χ4n) is 6.36. The summed E-state index contributed by atoms with van der Waals surface area (Å²) in [4.78, 5) is 28.6. The third-order valence-electron chi connectivity index (χ3n) is 9.21. The van der Waals surface area contributed by atoms with Crippen LogP contribution in [-0.4, -0.2) is 94.8 Å². The van der Waals surface area contributed by atoms with E-state index >= 15 is 0 Å². The molecule has 0 radical (unpaired) electrons. The molecule has 6 rings (SSSR count). The van der Waals surface area contributed by atoms with E-state index in [0.717, 1.165) is 5.56 Å². The third-order valence-corrected chi connectivity index (χ3v) is 9.21. The first-order valence-corrected chi connectivity index (χ1v) is 16.2. The highest BCUT2D eigenvalue weighted by molar-refractivity contribution is 6.12. The number of amides is 2. The van der Waals surface area contributed by atoms with E-state index in [-0.39, 0.29) is 23.8 Å². The van der Waals surface area contributed by atoms with Crippen LogP contribution < -0.4 is 10.2 Å². The van der Waals surface area contributed by atoms with Crippen LogP contribution in [0, 0.1) is 5.92 Å². The number of para-hydroxylation sites is 1. The summed E-state index contributed by atoms with van der Waals surface area (Å²) in [7, 11) is 0. The number of hydrogen-bond acceptors (Lipinski definition) is 11. The van der Waals surface area contributed by atoms with Crippen molar-refractivity contribution in [2.24, 2.45) is 5.92 Å². The van der Waals surface area contributed by atoms with Crippen molar-refractivity contribution >= 4 is 28.9 Å². The number of hydrogen-bond donors (Lipinski definition) is 7. The number of carbonyl (C=O) groups is 2. The van der Waals surface area contributed by atoms with E-state index in [0.29, 0.717) is 30.0 Å². The SMILES string of the molecule is C[C@@H](/C=C/CCn1cc(C(CO)c2ccccc2)nn1)[C@]1(O)C(=O)N(c2ccccc2)c2ccc(NC(=O)[C@H]3O[C@@H](O)[C@H](O)[C@@H](O)[C@@H]3O)cc21. The standard InChI is InChI=1S/C36H39N5O9/c1-21(10-8-9-17-40-19-27(38-39-40)25(20-42)22-11-4-2-5-12-22)36(49)26-18-23(37-33(46)32-30(44)29(43)31(45)34(47)50-32)15-16-28(26)41(35(36)48)24-13-6-3-7-14-24/h2-8,10-16,18-19,21,25,29-32,34,42-45,47,49H,9,17,20H2,1H3,(H,37,46)/b10-8+/t21-,25?,29-,30-,31+,32-,34+,36+/m0/s1. The molecule has 2 amide bonds. The average molecular weight is 686 g/mol. The lowest BCUT2D eigenvalue weighted by molar-refractivity contribution is -0.274. The van der Waals surface area contributed by atoms with Crippen LogP contribution in [0.4, 0.5) is 17.1 Å². The molecule has 1 fully saturated rings. The van der Waals surface area contributed by atoms with Gasteiger partial charge in [-0.15, -0.1) is 5.10 Å². The van der Waals surface area contributed by atoms with E-state index in [2.05, 4.69) is 15.6 Å². The third kappa shape index (κ3) is 6.57. The molecule has 50 heavy (non-hydrogen) atoms. The molecule has 3 aromatic carbocycles. The zero-order valence-electron chi connectivity index (χ0n) is 27.1. The van der Waals surface area contributed by atoms with Gasteiger partial charge in [0.25, 0.3) is 11.8 Å². The van der Waals surface area contributed by atoms with Crippen molar-refractivity contribution in [1.82, 2.24) is 15.0 Å². The summed E-state index contributed by atoms with van der Waals surface area (Å²) < 4.78 is 6.71. The van der Waals surface area contributed by atoms with Gasteiger partial charge in [-0.3, -0.25) is 19.2 Å². The summed E-state index contributed by atoms with van der Waals surface area (Å²) in [6.07, 6.45) is -3.24. The van der Waals surface area contributed by atoms with Gasteiger partial charge in [0, 0.05) is 35.6 Å². The van der Waals surface area contributed by atoms with Crippen molar-refractivity contribution in [3.63, 3.8) is 0 Å². The smallest absolute Gasteiger partial charge is 0.268 e. The summed E-state index contributed by atoms with van der Waals surface area (Å²) >= 11 is 0. The highest BCUT2D eigenvalue weighted by Crippen LogP contribution is 2.49. The normalized spacial score (nSPS) is 26.2. The molecule has 1 aromatic heterocycles. The van der Waals surface area contributed by atoms with Crippen LogP contribution in [0.15, 0.2) is 97.2 Å². The Balaban J connectivity index is 1.21. The second kappa shape index (κ2) is 14.6. The zero-order chi connectivity index (χ0) is 35.6. The van der Waals surface area contributed by atoms with Gasteiger partial charge in [0.1, 0.15) is 18.3 Å². The van der Waals surface area contributed by atoms with Crippen LogP contribution in [-0.2, 0) is 26.5 Å². The monoisotopic (exact) mass is 685 g/mol. The van der Waals surface area contributed by atoms with Gasteiger partial charge in [-0.2, -0.15) is 0 Å². The number of benzene rings is 3. The Morgan fingerprint density at radius 2 is 1.70 bits per heavy atom. The van der Waals surface area contributed by atoms with Gasteiger partial charge in [-0.25, -0.2) is 0 Å². The molecule has 8 atom stereocenters. The van der Waals surface area contributed by atoms with Crippen molar-refractivity contribution < 1.29 is 45.0 Å². The number of fused-ring (bicyclic) bond motifs is 1. The number of aliphatic hydroxyl groups excluding tert-OH is 5. The van der Waals surface area contributed by atoms with E-state index in [4.69, 9.17) is 4.74 Å². The largest absolute Gasteiger partial charge is 0.395 e. The summed E-state index contributed by atoms with van der Waals surface area (Å²) in [6, 6.07) is 22.9. The molecule has 1 saturated heterocycles. The van der Waals surface area contributed by atoms with Crippen LogP contribution in [0.2, 0.25) is 0 Å². The molecule has 2 aliphatic rings. The van der Waals surface area contributed by atoms with Crippen molar-refractivity contribution in [1.29, 1.82) is 0 Å². The number of aliphatic hydroxyl groups is 6. The van der Waals surface area contributed by atoms with Crippen molar-refractivity contribution in [2.75, 3.05) is 16.8 Å². The first-order chi connectivity index (χ1) is 24.0. The number of aromatic nitrogens is 3. The number of ether oxygens (including phenoxy) is 1. The maximum atomic E-state index is 14.1. The van der Waals surface area contributed by atoms with Gasteiger partial charge in [0.05, 0.1) is 23.9 Å². The number of nitrogens with zero attached hydrogens (tertiary/aromatic N) is 4.